The zero-order chi connectivity index (χ0) is 52.5. The topological polar surface area (TPSA) is 269 Å². The van der Waals surface area contributed by atoms with Gasteiger partial charge in [-0.05, 0) is 43.0 Å². The van der Waals surface area contributed by atoms with Crippen molar-refractivity contribution in [2.75, 3.05) is 156 Å². The summed E-state index contributed by atoms with van der Waals surface area (Å²) in [6.45, 7) is 6.19. The SMILES string of the molecule is O=C(O)CN1CCN(CC(=O)O)CCN(CC(=O)NCCCCCNC(=O)CCOCCOCCOCCOCCNC(=O)CCC(=O)N2Cc3ccccc3C#Cc3ccccc32)CCN(CC(=O)O)CC1. The van der Waals surface area contributed by atoms with Crippen molar-refractivity contribution < 1.29 is 67.8 Å². The van der Waals surface area contributed by atoms with E-state index in [0.29, 0.717) is 131 Å². The first-order valence-corrected chi connectivity index (χ1v) is 25.0. The molecular weight excluding hydrogens is 949 g/mol. The van der Waals surface area contributed by atoms with Gasteiger partial charge in [-0.15, -0.1) is 0 Å². The van der Waals surface area contributed by atoms with Crippen LogP contribution in [0.15, 0.2) is 48.5 Å². The van der Waals surface area contributed by atoms with Gasteiger partial charge in [-0.2, -0.15) is 0 Å². The Bertz CT molecular complexity index is 2090. The third-order valence-corrected chi connectivity index (χ3v) is 11.8. The van der Waals surface area contributed by atoms with E-state index in [1.165, 1.54) is 0 Å². The minimum Gasteiger partial charge on any atom is -0.480 e. The molecule has 1 fully saturated rings. The summed E-state index contributed by atoms with van der Waals surface area (Å²) in [5, 5.41) is 36.8. The first-order valence-electron chi connectivity index (χ1n) is 25.0. The molecule has 2 aliphatic heterocycles. The van der Waals surface area contributed by atoms with Crippen LogP contribution in [-0.2, 0) is 59.1 Å². The van der Waals surface area contributed by atoms with Crippen LogP contribution in [0.25, 0.3) is 0 Å². The van der Waals surface area contributed by atoms with Crippen LogP contribution in [0.3, 0.4) is 0 Å². The Morgan fingerprint density at radius 1 is 0.452 bits per heavy atom. The van der Waals surface area contributed by atoms with E-state index < -0.39 is 17.9 Å². The molecule has 0 spiro atoms. The number of amides is 4. The number of nitrogens with one attached hydrogen (secondary N) is 3. The molecule has 0 saturated carbocycles. The van der Waals surface area contributed by atoms with Gasteiger partial charge in [0.1, 0.15) is 0 Å². The Hall–Kier alpha value is -6.03. The lowest BCUT2D eigenvalue weighted by Crippen LogP contribution is -2.49. The highest BCUT2D eigenvalue weighted by molar-refractivity contribution is 5.97. The van der Waals surface area contributed by atoms with E-state index in [2.05, 4.69) is 27.8 Å². The zero-order valence-electron chi connectivity index (χ0n) is 41.9. The fraction of sp³-hybridized carbons (Fsp3) is 0.588. The molecule has 2 aromatic carbocycles. The van der Waals surface area contributed by atoms with Gasteiger partial charge >= 0.3 is 17.9 Å². The van der Waals surface area contributed by atoms with Crippen molar-refractivity contribution in [1.82, 2.24) is 35.6 Å². The molecule has 73 heavy (non-hydrogen) atoms. The Morgan fingerprint density at radius 3 is 1.42 bits per heavy atom. The Labute approximate surface area is 427 Å². The molecule has 0 unspecified atom stereocenters. The summed E-state index contributed by atoms with van der Waals surface area (Å²) in [6.07, 6.45) is 2.53. The van der Waals surface area contributed by atoms with Gasteiger partial charge in [-0.3, -0.25) is 53.2 Å². The summed E-state index contributed by atoms with van der Waals surface area (Å²) < 4.78 is 22.1. The highest BCUT2D eigenvalue weighted by atomic mass is 16.6. The van der Waals surface area contributed by atoms with Crippen molar-refractivity contribution in [3.8, 4) is 11.8 Å². The summed E-state index contributed by atoms with van der Waals surface area (Å²) in [4.78, 5) is 94.1. The van der Waals surface area contributed by atoms with E-state index in [-0.39, 0.29) is 75.7 Å². The second-order valence-electron chi connectivity index (χ2n) is 17.5. The van der Waals surface area contributed by atoms with Crippen LogP contribution in [-0.4, -0.2) is 227 Å². The summed E-state index contributed by atoms with van der Waals surface area (Å²) >= 11 is 0. The molecule has 2 aliphatic rings. The molecule has 22 nitrogen and oxygen atoms in total. The molecule has 4 amide bonds. The highest BCUT2D eigenvalue weighted by Crippen LogP contribution is 2.26. The van der Waals surface area contributed by atoms with E-state index in [0.717, 1.165) is 35.2 Å². The van der Waals surface area contributed by atoms with E-state index in [9.17, 15) is 48.9 Å². The number of anilines is 1. The average molecular weight is 1020 g/mol. The van der Waals surface area contributed by atoms with Crippen LogP contribution in [0.5, 0.6) is 0 Å². The fourth-order valence-electron chi connectivity index (χ4n) is 7.86. The highest BCUT2D eigenvalue weighted by Gasteiger charge is 2.23. The normalized spacial score (nSPS) is 14.9. The van der Waals surface area contributed by atoms with Crippen molar-refractivity contribution >= 4 is 47.2 Å². The van der Waals surface area contributed by atoms with E-state index in [1.54, 1.807) is 19.6 Å². The molecule has 2 heterocycles. The number of aliphatic carboxylic acids is 3. The van der Waals surface area contributed by atoms with Crippen molar-refractivity contribution in [1.29, 1.82) is 0 Å². The second kappa shape index (κ2) is 35.2. The third kappa shape index (κ3) is 26.0. The zero-order valence-corrected chi connectivity index (χ0v) is 41.9. The van der Waals surface area contributed by atoms with Gasteiger partial charge in [-0.1, -0.05) is 42.2 Å². The number of unbranched alkanes of at least 4 members (excludes halogenated alkanes) is 2. The van der Waals surface area contributed by atoms with Gasteiger partial charge in [-0.25, -0.2) is 0 Å². The predicted octanol–water partition coefficient (Wildman–Crippen LogP) is 0.164. The molecule has 0 aromatic heterocycles. The predicted molar refractivity (Wildman–Crippen MR) is 269 cm³/mol. The van der Waals surface area contributed by atoms with Gasteiger partial charge in [0.25, 0.3) is 0 Å². The molecule has 402 valence electrons. The number of rotatable bonds is 32. The van der Waals surface area contributed by atoms with Crippen LogP contribution in [0.1, 0.15) is 55.2 Å². The quantitative estimate of drug-likeness (QED) is 0.0421. The molecular formula is C51H74N8O14. The molecule has 22 heteroatoms. The number of carboxylic acid groups (broad SMARTS) is 3. The van der Waals surface area contributed by atoms with Gasteiger partial charge in [0, 0.05) is 102 Å². The second-order valence-corrected chi connectivity index (χ2v) is 17.5. The number of carbonyl (C=O) groups is 7. The standard InChI is InChI=1S/C51H74N8O14/c60-45(14-15-48(63)59-36-43-10-3-2-8-41(43)12-13-42-9-4-5-11-44(42)59)54-19-29-71-31-33-73-35-34-72-32-30-70-28-16-46(61)52-17-6-1-7-18-53-47(62)37-55-20-22-56(38-49(64)65)24-26-58(40-51(68)69)27-25-57(23-21-55)39-50(66)67/h2-5,8-11H,1,6-7,14-40H2,(H,52,61)(H,53,62)(H,54,60)(H,64,65)(H,66,67)(H,68,69). The lowest BCUT2D eigenvalue weighted by atomic mass is 10.0. The largest absolute Gasteiger partial charge is 0.480 e. The minimum absolute atomic E-state index is 0.0486. The maximum absolute atomic E-state index is 13.3. The van der Waals surface area contributed by atoms with E-state index in [4.69, 9.17) is 18.9 Å². The molecule has 1 saturated heterocycles. The van der Waals surface area contributed by atoms with E-state index in [1.807, 2.05) is 53.4 Å². The average Bonchev–Trinajstić information content (AvgIpc) is 3.35. The number of para-hydroxylation sites is 1. The molecule has 0 aliphatic carbocycles. The summed E-state index contributed by atoms with van der Waals surface area (Å²) in [7, 11) is 0. The number of hydrogen-bond donors (Lipinski definition) is 6. The van der Waals surface area contributed by atoms with Gasteiger partial charge in [0.15, 0.2) is 0 Å². The van der Waals surface area contributed by atoms with Crippen molar-refractivity contribution in [2.24, 2.45) is 0 Å². The molecule has 6 N–H and O–H groups in total. The number of ether oxygens (including phenoxy) is 4. The summed E-state index contributed by atoms with van der Waals surface area (Å²) in [6, 6.07) is 15.3. The van der Waals surface area contributed by atoms with Crippen molar-refractivity contribution in [2.45, 2.75) is 45.1 Å². The number of carboxylic acids is 3. The lowest BCUT2D eigenvalue weighted by Gasteiger charge is -2.32. The first kappa shape index (κ1) is 59.5. The van der Waals surface area contributed by atoms with Gasteiger partial charge in [0.05, 0.1) is 91.3 Å². The fourth-order valence-corrected chi connectivity index (χ4v) is 7.86. The molecule has 0 bridgehead atoms. The van der Waals surface area contributed by atoms with Crippen LogP contribution in [0.4, 0.5) is 5.69 Å². The minimum atomic E-state index is -1.03. The number of benzene rings is 2. The first-order chi connectivity index (χ1) is 35.4. The maximum Gasteiger partial charge on any atom is 0.317 e. The van der Waals surface area contributed by atoms with Crippen molar-refractivity contribution in [3.05, 3.63) is 65.2 Å². The number of nitrogens with zero attached hydrogens (tertiary/aromatic N) is 5. The third-order valence-electron chi connectivity index (χ3n) is 11.8. The monoisotopic (exact) mass is 1020 g/mol. The Balaban J connectivity index is 0.936. The van der Waals surface area contributed by atoms with Crippen LogP contribution in [0, 0.1) is 11.8 Å². The van der Waals surface area contributed by atoms with Crippen LogP contribution < -0.4 is 20.9 Å². The molecule has 0 atom stereocenters. The van der Waals surface area contributed by atoms with E-state index >= 15 is 0 Å². The summed E-state index contributed by atoms with van der Waals surface area (Å²) in [5.74, 6) is 2.61. The van der Waals surface area contributed by atoms with Crippen molar-refractivity contribution in [3.63, 3.8) is 0 Å². The van der Waals surface area contributed by atoms with Crippen LogP contribution >= 0.6 is 0 Å². The molecule has 4 rings (SSSR count). The maximum atomic E-state index is 13.3. The van der Waals surface area contributed by atoms with Gasteiger partial charge in [0.2, 0.25) is 23.6 Å². The Morgan fingerprint density at radius 2 is 0.877 bits per heavy atom. The smallest absolute Gasteiger partial charge is 0.317 e. The number of carbonyl (C=O) groups excluding carboxylic acids is 4. The summed E-state index contributed by atoms with van der Waals surface area (Å²) in [5.41, 5.74) is 3.32. The number of fused-ring (bicyclic) bond motifs is 2. The van der Waals surface area contributed by atoms with Crippen LogP contribution in [0.2, 0.25) is 0 Å². The lowest BCUT2D eigenvalue weighted by molar-refractivity contribution is -0.140. The molecule has 2 aromatic rings. The Kier molecular flexibility index (Phi) is 28.7. The number of hydrogen-bond acceptors (Lipinski definition) is 15. The van der Waals surface area contributed by atoms with Gasteiger partial charge < -0.3 is 55.1 Å². The molecule has 0 radical (unpaired) electrons.